The molecule has 8 nitrogen and oxygen atoms in total. The molecule has 3 rings (SSSR count). The molecule has 0 fully saturated rings. The Bertz CT molecular complexity index is 1300. The molecule has 0 radical (unpaired) electrons. The average Bonchev–Trinajstić information content (AvgIpc) is 3.30. The standard InChI is InChI=1S/C22H18ClF3N4O4S/c1-3-14(31)17-19(33)18(29-9-28-17)15(32)6-10(2)21-27-8-16(35-21)20(34)30-11-4-5-13(23)12(7-11)22(24,25)26/h4-5,7-10,33H,3,6H2,1-2H3,(H,30,34)/t10-/m0/s1. The zero-order valence-electron chi connectivity index (χ0n) is 18.3. The zero-order chi connectivity index (χ0) is 25.9. The van der Waals surface area contributed by atoms with Gasteiger partial charge in [-0.15, -0.1) is 11.3 Å². The van der Waals surface area contributed by atoms with Gasteiger partial charge in [0.1, 0.15) is 11.2 Å². The third kappa shape index (κ3) is 6.01. The normalized spacial score (nSPS) is 12.3. The highest BCUT2D eigenvalue weighted by Crippen LogP contribution is 2.36. The van der Waals surface area contributed by atoms with Crippen molar-refractivity contribution in [1.29, 1.82) is 0 Å². The topological polar surface area (TPSA) is 122 Å². The Morgan fingerprint density at radius 3 is 2.43 bits per heavy atom. The van der Waals surface area contributed by atoms with Crippen LogP contribution in [0.25, 0.3) is 0 Å². The summed E-state index contributed by atoms with van der Waals surface area (Å²) in [4.78, 5) is 48.8. The van der Waals surface area contributed by atoms with Gasteiger partial charge in [-0.05, 0) is 18.2 Å². The van der Waals surface area contributed by atoms with E-state index in [-0.39, 0.29) is 34.8 Å². The van der Waals surface area contributed by atoms with Gasteiger partial charge in [-0.1, -0.05) is 25.4 Å². The Balaban J connectivity index is 1.71. The van der Waals surface area contributed by atoms with E-state index < -0.39 is 45.9 Å². The molecule has 0 aliphatic rings. The van der Waals surface area contributed by atoms with Crippen molar-refractivity contribution >= 4 is 46.1 Å². The number of ketones is 2. The Morgan fingerprint density at radius 1 is 1.14 bits per heavy atom. The van der Waals surface area contributed by atoms with Crippen LogP contribution >= 0.6 is 22.9 Å². The fraction of sp³-hybridized carbons (Fsp3) is 0.273. The minimum atomic E-state index is -4.68. The lowest BCUT2D eigenvalue weighted by atomic mass is 10.0. The molecule has 3 aromatic rings. The van der Waals surface area contributed by atoms with E-state index in [1.807, 2.05) is 0 Å². The van der Waals surface area contributed by atoms with Gasteiger partial charge in [-0.3, -0.25) is 14.4 Å². The van der Waals surface area contributed by atoms with Crippen LogP contribution in [0.4, 0.5) is 18.9 Å². The number of rotatable bonds is 8. The lowest BCUT2D eigenvalue weighted by Gasteiger charge is -2.11. The van der Waals surface area contributed by atoms with Gasteiger partial charge < -0.3 is 10.4 Å². The summed E-state index contributed by atoms with van der Waals surface area (Å²) in [6.45, 7) is 3.26. The van der Waals surface area contributed by atoms with Crippen LogP contribution in [0.15, 0.2) is 30.7 Å². The van der Waals surface area contributed by atoms with E-state index in [1.165, 1.54) is 12.3 Å². The number of benzene rings is 1. The fourth-order valence-electron chi connectivity index (χ4n) is 3.05. The van der Waals surface area contributed by atoms with Crippen LogP contribution in [0.2, 0.25) is 5.02 Å². The quantitative estimate of drug-likeness (QED) is 0.370. The van der Waals surface area contributed by atoms with Gasteiger partial charge in [-0.2, -0.15) is 13.2 Å². The number of carbonyl (C=O) groups is 3. The maximum atomic E-state index is 13.0. The molecule has 2 aromatic heterocycles. The average molecular weight is 527 g/mol. The molecule has 1 atom stereocenters. The molecule has 184 valence electrons. The number of thiazole rings is 1. The van der Waals surface area contributed by atoms with E-state index in [0.717, 1.165) is 29.8 Å². The van der Waals surface area contributed by atoms with E-state index in [4.69, 9.17) is 11.6 Å². The number of hydrogen-bond acceptors (Lipinski definition) is 8. The molecule has 2 heterocycles. The molecule has 13 heteroatoms. The van der Waals surface area contributed by atoms with Crippen LogP contribution < -0.4 is 5.32 Å². The first-order valence-corrected chi connectivity index (χ1v) is 11.4. The molecular weight excluding hydrogens is 509 g/mol. The molecule has 0 aliphatic carbocycles. The molecule has 0 saturated carbocycles. The monoisotopic (exact) mass is 526 g/mol. The molecule has 1 aromatic carbocycles. The summed E-state index contributed by atoms with van der Waals surface area (Å²) in [5.74, 6) is -2.74. The van der Waals surface area contributed by atoms with Gasteiger partial charge in [0.15, 0.2) is 28.7 Å². The maximum absolute atomic E-state index is 13.0. The second-order valence-corrected chi connectivity index (χ2v) is 8.90. The van der Waals surface area contributed by atoms with Crippen molar-refractivity contribution in [1.82, 2.24) is 15.0 Å². The summed E-state index contributed by atoms with van der Waals surface area (Å²) < 4.78 is 39.1. The van der Waals surface area contributed by atoms with Gasteiger partial charge in [0, 0.05) is 24.4 Å². The molecule has 1 amide bonds. The van der Waals surface area contributed by atoms with E-state index in [1.54, 1.807) is 13.8 Å². The Labute approximate surface area is 206 Å². The highest BCUT2D eigenvalue weighted by atomic mass is 35.5. The van der Waals surface area contributed by atoms with E-state index in [9.17, 15) is 32.7 Å². The fourth-order valence-corrected chi connectivity index (χ4v) is 4.14. The van der Waals surface area contributed by atoms with Crippen molar-refractivity contribution in [3.8, 4) is 5.75 Å². The van der Waals surface area contributed by atoms with Crippen molar-refractivity contribution in [2.75, 3.05) is 5.32 Å². The van der Waals surface area contributed by atoms with Crippen molar-refractivity contribution in [3.05, 3.63) is 62.6 Å². The van der Waals surface area contributed by atoms with E-state index in [0.29, 0.717) is 5.01 Å². The van der Waals surface area contributed by atoms with Gasteiger partial charge in [0.05, 0.1) is 21.8 Å². The number of hydrogen-bond donors (Lipinski definition) is 2. The number of amides is 1. The summed E-state index contributed by atoms with van der Waals surface area (Å²) in [5, 5.41) is 12.5. The number of anilines is 1. The van der Waals surface area contributed by atoms with Gasteiger partial charge in [0.2, 0.25) is 0 Å². The Hall–Kier alpha value is -3.38. The van der Waals surface area contributed by atoms with Crippen molar-refractivity contribution in [2.45, 2.75) is 38.8 Å². The SMILES string of the molecule is CCC(=O)c1ncnc(C(=O)C[C@H](C)c2ncc(C(=O)Nc3ccc(Cl)c(C(F)(F)F)c3)s2)c1O. The van der Waals surface area contributed by atoms with Crippen LogP contribution in [-0.2, 0) is 6.18 Å². The maximum Gasteiger partial charge on any atom is 0.417 e. The summed E-state index contributed by atoms with van der Waals surface area (Å²) >= 11 is 6.55. The summed E-state index contributed by atoms with van der Waals surface area (Å²) in [6.07, 6.45) is -2.46. The van der Waals surface area contributed by atoms with Crippen LogP contribution in [-0.4, -0.2) is 37.5 Å². The number of nitrogens with one attached hydrogen (secondary N) is 1. The first-order valence-electron chi connectivity index (χ1n) is 10.2. The first kappa shape index (κ1) is 26.2. The minimum absolute atomic E-state index is 0.0894. The van der Waals surface area contributed by atoms with Crippen LogP contribution in [0.5, 0.6) is 5.75 Å². The zero-order valence-corrected chi connectivity index (χ0v) is 19.9. The number of carbonyl (C=O) groups excluding carboxylic acids is 3. The van der Waals surface area contributed by atoms with Crippen LogP contribution in [0, 0.1) is 0 Å². The number of alkyl halides is 3. The molecule has 35 heavy (non-hydrogen) atoms. The minimum Gasteiger partial charge on any atom is -0.504 e. The molecule has 0 aliphatic heterocycles. The molecule has 0 spiro atoms. The van der Waals surface area contributed by atoms with Gasteiger partial charge >= 0.3 is 6.18 Å². The third-order valence-electron chi connectivity index (χ3n) is 4.86. The smallest absolute Gasteiger partial charge is 0.417 e. The molecule has 0 bridgehead atoms. The number of aromatic nitrogens is 3. The van der Waals surface area contributed by atoms with Crippen LogP contribution in [0.1, 0.15) is 73.8 Å². The molecule has 0 saturated heterocycles. The van der Waals surface area contributed by atoms with Crippen LogP contribution in [0.3, 0.4) is 0 Å². The largest absolute Gasteiger partial charge is 0.504 e. The summed E-state index contributed by atoms with van der Waals surface area (Å²) in [6, 6.07) is 3.01. The number of Topliss-reactive ketones (excluding diaryl/α,β-unsaturated/α-hetero) is 2. The highest BCUT2D eigenvalue weighted by molar-refractivity contribution is 7.13. The van der Waals surface area contributed by atoms with Crippen molar-refractivity contribution in [3.63, 3.8) is 0 Å². The second-order valence-electron chi connectivity index (χ2n) is 7.43. The van der Waals surface area contributed by atoms with Gasteiger partial charge in [0.25, 0.3) is 5.91 Å². The van der Waals surface area contributed by atoms with Crippen molar-refractivity contribution < 1.29 is 32.7 Å². The Kier molecular flexibility index (Phi) is 7.86. The van der Waals surface area contributed by atoms with Gasteiger partial charge in [-0.25, -0.2) is 15.0 Å². The number of nitrogens with zero attached hydrogens (tertiary/aromatic N) is 3. The lowest BCUT2D eigenvalue weighted by Crippen LogP contribution is -2.12. The highest BCUT2D eigenvalue weighted by Gasteiger charge is 2.33. The third-order valence-corrected chi connectivity index (χ3v) is 6.42. The summed E-state index contributed by atoms with van der Waals surface area (Å²) in [7, 11) is 0. The molecular formula is C22H18ClF3N4O4S. The predicted molar refractivity (Wildman–Crippen MR) is 122 cm³/mol. The molecule has 2 N–H and O–H groups in total. The van der Waals surface area contributed by atoms with Crippen molar-refractivity contribution in [2.24, 2.45) is 0 Å². The first-order chi connectivity index (χ1) is 16.4. The van der Waals surface area contributed by atoms with E-state index in [2.05, 4.69) is 20.3 Å². The second kappa shape index (κ2) is 10.5. The van der Waals surface area contributed by atoms with E-state index >= 15 is 0 Å². The Morgan fingerprint density at radius 2 is 1.80 bits per heavy atom. The number of halogens is 4. The number of aromatic hydroxyl groups is 1. The predicted octanol–water partition coefficient (Wildman–Crippen LogP) is 5.53. The summed E-state index contributed by atoms with van der Waals surface area (Å²) in [5.41, 5.74) is -1.70. The lowest BCUT2D eigenvalue weighted by molar-refractivity contribution is -0.137. The molecule has 0 unspecified atom stereocenters.